The lowest BCUT2D eigenvalue weighted by Gasteiger charge is -2.47. The molecule has 0 aliphatic carbocycles. The Morgan fingerprint density at radius 3 is 2.44 bits per heavy atom. The highest BCUT2D eigenvalue weighted by Crippen LogP contribution is 2.37. The number of amides is 1. The quantitative estimate of drug-likeness (QED) is 0.672. The van der Waals surface area contributed by atoms with E-state index in [1.54, 1.807) is 0 Å². The Hall–Kier alpha value is -1.49. The molecular formula is C18H28N4O3. The number of terminal acetylenes is 1. The molecule has 0 unspecified atom stereocenters. The number of ether oxygens (including phenoxy) is 2. The molecule has 1 N–H and O–H groups in total. The minimum Gasteiger partial charge on any atom is -0.381 e. The third-order valence-electron chi connectivity index (χ3n) is 5.53. The maximum atomic E-state index is 12.3. The van der Waals surface area contributed by atoms with Crippen LogP contribution in [-0.2, 0) is 14.3 Å². The van der Waals surface area contributed by atoms with Crippen molar-refractivity contribution in [2.75, 3.05) is 46.1 Å². The van der Waals surface area contributed by atoms with E-state index in [1.807, 2.05) is 0 Å². The third-order valence-corrected chi connectivity index (χ3v) is 5.53. The summed E-state index contributed by atoms with van der Waals surface area (Å²) in [4.78, 5) is 14.8. The zero-order chi connectivity index (χ0) is 17.6. The standard InChI is InChI=1S/C18H28N4O3/c1-2-3-5-18(20-21-18)6-4-16(23)19-15-17(7-11-24-12-8-17)22-9-13-25-14-10-22/h1H,3-15H2,(H,19,23). The number of hydrogen-bond acceptors (Lipinski definition) is 6. The number of nitrogens with zero attached hydrogens (tertiary/aromatic N) is 3. The van der Waals surface area contributed by atoms with Crippen molar-refractivity contribution >= 4 is 5.91 Å². The SMILES string of the molecule is C#CCCC1(CCC(=O)NCC2(N3CCOCC3)CCOCC2)N=N1. The van der Waals surface area contributed by atoms with E-state index in [9.17, 15) is 4.79 Å². The Morgan fingerprint density at radius 1 is 1.12 bits per heavy atom. The lowest BCUT2D eigenvalue weighted by atomic mass is 9.87. The zero-order valence-electron chi connectivity index (χ0n) is 14.8. The van der Waals surface area contributed by atoms with Crippen LogP contribution in [0.2, 0.25) is 0 Å². The van der Waals surface area contributed by atoms with Gasteiger partial charge >= 0.3 is 0 Å². The second-order valence-corrected chi connectivity index (χ2v) is 7.10. The van der Waals surface area contributed by atoms with E-state index in [0.29, 0.717) is 25.8 Å². The van der Waals surface area contributed by atoms with E-state index in [4.69, 9.17) is 15.9 Å². The molecule has 0 saturated carbocycles. The number of hydrogen-bond donors (Lipinski definition) is 1. The Morgan fingerprint density at radius 2 is 1.80 bits per heavy atom. The normalized spacial score (nSPS) is 24.4. The van der Waals surface area contributed by atoms with Crippen molar-refractivity contribution in [2.24, 2.45) is 10.2 Å². The number of carbonyl (C=O) groups is 1. The molecule has 0 aromatic rings. The molecule has 3 aliphatic rings. The van der Waals surface area contributed by atoms with Crippen molar-refractivity contribution in [1.29, 1.82) is 0 Å². The van der Waals surface area contributed by atoms with Crippen LogP contribution in [0.15, 0.2) is 10.2 Å². The van der Waals surface area contributed by atoms with Gasteiger partial charge in [0, 0.05) is 64.1 Å². The van der Waals surface area contributed by atoms with Crippen molar-refractivity contribution in [3.8, 4) is 12.3 Å². The molecule has 3 heterocycles. The molecular weight excluding hydrogens is 320 g/mol. The Balaban J connectivity index is 1.47. The molecule has 0 aromatic carbocycles. The Labute approximate surface area is 149 Å². The van der Waals surface area contributed by atoms with Crippen LogP contribution in [0.4, 0.5) is 0 Å². The molecule has 3 aliphatic heterocycles. The number of nitrogens with one attached hydrogen (secondary N) is 1. The summed E-state index contributed by atoms with van der Waals surface area (Å²) in [5.41, 5.74) is -0.391. The average molecular weight is 348 g/mol. The summed E-state index contributed by atoms with van der Waals surface area (Å²) in [7, 11) is 0. The van der Waals surface area contributed by atoms with Gasteiger partial charge in [-0.2, -0.15) is 10.2 Å². The molecule has 2 saturated heterocycles. The molecule has 0 atom stereocenters. The van der Waals surface area contributed by atoms with Gasteiger partial charge in [0.15, 0.2) is 5.66 Å². The van der Waals surface area contributed by atoms with E-state index in [-0.39, 0.29) is 17.1 Å². The largest absolute Gasteiger partial charge is 0.381 e. The Kier molecular flexibility index (Phi) is 6.05. The number of carbonyl (C=O) groups excluding carboxylic acids is 1. The van der Waals surface area contributed by atoms with Crippen LogP contribution in [0.25, 0.3) is 0 Å². The van der Waals surface area contributed by atoms with E-state index in [1.165, 1.54) is 0 Å². The van der Waals surface area contributed by atoms with Crippen molar-refractivity contribution < 1.29 is 14.3 Å². The maximum absolute atomic E-state index is 12.3. The van der Waals surface area contributed by atoms with Gasteiger partial charge in [0.1, 0.15) is 0 Å². The van der Waals surface area contributed by atoms with E-state index >= 15 is 0 Å². The van der Waals surface area contributed by atoms with Gasteiger partial charge in [-0.15, -0.1) is 12.3 Å². The van der Waals surface area contributed by atoms with Gasteiger partial charge < -0.3 is 14.8 Å². The third kappa shape index (κ3) is 4.78. The van der Waals surface area contributed by atoms with Crippen LogP contribution in [0.3, 0.4) is 0 Å². The summed E-state index contributed by atoms with van der Waals surface area (Å²) in [5.74, 6) is 2.68. The summed E-state index contributed by atoms with van der Waals surface area (Å²) >= 11 is 0. The predicted octanol–water partition coefficient (Wildman–Crippen LogP) is 1.34. The Bertz CT molecular complexity index is 525. The van der Waals surface area contributed by atoms with Crippen molar-refractivity contribution in [1.82, 2.24) is 10.2 Å². The fourth-order valence-corrected chi connectivity index (χ4v) is 3.73. The van der Waals surface area contributed by atoms with E-state index in [0.717, 1.165) is 58.8 Å². The van der Waals surface area contributed by atoms with Gasteiger partial charge in [-0.1, -0.05) is 0 Å². The highest BCUT2D eigenvalue weighted by molar-refractivity contribution is 5.76. The van der Waals surface area contributed by atoms with Crippen LogP contribution in [0.5, 0.6) is 0 Å². The predicted molar refractivity (Wildman–Crippen MR) is 93.1 cm³/mol. The molecule has 0 aromatic heterocycles. The van der Waals surface area contributed by atoms with Crippen molar-refractivity contribution in [3.63, 3.8) is 0 Å². The fraction of sp³-hybridized carbons (Fsp3) is 0.833. The van der Waals surface area contributed by atoms with Crippen LogP contribution in [-0.4, -0.2) is 68.1 Å². The van der Waals surface area contributed by atoms with E-state index < -0.39 is 0 Å². The van der Waals surface area contributed by atoms with Gasteiger partial charge in [-0.3, -0.25) is 9.69 Å². The zero-order valence-corrected chi connectivity index (χ0v) is 14.8. The maximum Gasteiger partial charge on any atom is 0.220 e. The van der Waals surface area contributed by atoms with Crippen LogP contribution in [0, 0.1) is 12.3 Å². The highest BCUT2D eigenvalue weighted by atomic mass is 16.5. The first kappa shape index (κ1) is 18.3. The summed E-state index contributed by atoms with van der Waals surface area (Å²) in [6.45, 7) is 5.53. The van der Waals surface area contributed by atoms with Crippen LogP contribution < -0.4 is 5.32 Å². The van der Waals surface area contributed by atoms with Crippen LogP contribution in [0.1, 0.15) is 38.5 Å². The van der Waals surface area contributed by atoms with Crippen molar-refractivity contribution in [3.05, 3.63) is 0 Å². The van der Waals surface area contributed by atoms with Gasteiger partial charge in [0.2, 0.25) is 5.91 Å². The van der Waals surface area contributed by atoms with Gasteiger partial charge in [0.25, 0.3) is 0 Å². The first-order chi connectivity index (χ1) is 12.2. The molecule has 1 amide bonds. The molecule has 0 spiro atoms. The lowest BCUT2D eigenvalue weighted by molar-refractivity contribution is -0.123. The second-order valence-electron chi connectivity index (χ2n) is 7.10. The topological polar surface area (TPSA) is 75.5 Å². The molecule has 138 valence electrons. The van der Waals surface area contributed by atoms with E-state index in [2.05, 4.69) is 26.4 Å². The average Bonchev–Trinajstić information content (AvgIpc) is 3.45. The molecule has 2 fully saturated rings. The van der Waals surface area contributed by atoms with Gasteiger partial charge in [-0.25, -0.2) is 0 Å². The first-order valence-corrected chi connectivity index (χ1v) is 9.23. The smallest absolute Gasteiger partial charge is 0.220 e. The summed E-state index contributed by atoms with van der Waals surface area (Å²) in [5, 5.41) is 11.3. The number of morpholine rings is 1. The number of rotatable bonds is 8. The van der Waals surface area contributed by atoms with Gasteiger partial charge in [0.05, 0.1) is 13.2 Å². The van der Waals surface area contributed by atoms with Gasteiger partial charge in [-0.05, 0) is 12.8 Å². The summed E-state index contributed by atoms with van der Waals surface area (Å²) in [6, 6.07) is 0. The summed E-state index contributed by atoms with van der Waals surface area (Å²) < 4.78 is 11.0. The molecule has 7 heteroatoms. The molecule has 25 heavy (non-hydrogen) atoms. The molecule has 0 radical (unpaired) electrons. The second kappa shape index (κ2) is 8.26. The highest BCUT2D eigenvalue weighted by Gasteiger charge is 2.41. The lowest BCUT2D eigenvalue weighted by Crippen LogP contribution is -2.61. The first-order valence-electron chi connectivity index (χ1n) is 9.23. The molecule has 7 nitrogen and oxygen atoms in total. The molecule has 3 rings (SSSR count). The van der Waals surface area contributed by atoms with Crippen LogP contribution >= 0.6 is 0 Å². The fourth-order valence-electron chi connectivity index (χ4n) is 3.73. The minimum absolute atomic E-state index is 0.00677. The van der Waals surface area contributed by atoms with Crippen molar-refractivity contribution in [2.45, 2.75) is 49.7 Å². The minimum atomic E-state index is -0.385. The summed E-state index contributed by atoms with van der Waals surface area (Å²) in [6.07, 6.45) is 9.67. The molecule has 0 bridgehead atoms. The monoisotopic (exact) mass is 348 g/mol.